The summed E-state index contributed by atoms with van der Waals surface area (Å²) in [5.41, 5.74) is 3.09. The lowest BCUT2D eigenvalue weighted by Gasteiger charge is -2.23. The van der Waals surface area contributed by atoms with Crippen molar-refractivity contribution >= 4 is 17.5 Å². The highest BCUT2D eigenvalue weighted by Crippen LogP contribution is 2.20. The SMILES string of the molecule is Cc1cc(C(=O)NC2CCCCC2)ccc1NC(=O)c1ccc(C#N)cc1. The number of amides is 2. The van der Waals surface area contributed by atoms with Crippen molar-refractivity contribution in [1.29, 1.82) is 5.26 Å². The van der Waals surface area contributed by atoms with Gasteiger partial charge in [0.05, 0.1) is 11.6 Å². The number of rotatable bonds is 4. The standard InChI is InChI=1S/C22H23N3O2/c1-15-13-18(22(27)24-19-5-3-2-4-6-19)11-12-20(15)25-21(26)17-9-7-16(14-23)8-10-17/h7-13,19H,2-6H2,1H3,(H,24,27)(H,25,26). The lowest BCUT2D eigenvalue weighted by atomic mass is 9.95. The number of hydrogen-bond acceptors (Lipinski definition) is 3. The molecule has 2 amide bonds. The molecular weight excluding hydrogens is 338 g/mol. The van der Waals surface area contributed by atoms with Gasteiger partial charge in [0.25, 0.3) is 11.8 Å². The molecule has 0 aliphatic heterocycles. The van der Waals surface area contributed by atoms with Gasteiger partial charge in [-0.2, -0.15) is 5.26 Å². The maximum atomic E-state index is 12.5. The van der Waals surface area contributed by atoms with Crippen LogP contribution in [0.15, 0.2) is 42.5 Å². The zero-order valence-electron chi connectivity index (χ0n) is 15.4. The van der Waals surface area contributed by atoms with Crippen molar-refractivity contribution in [2.24, 2.45) is 0 Å². The van der Waals surface area contributed by atoms with Gasteiger partial charge in [-0.15, -0.1) is 0 Å². The summed E-state index contributed by atoms with van der Waals surface area (Å²) in [7, 11) is 0. The van der Waals surface area contributed by atoms with Gasteiger partial charge in [0.15, 0.2) is 0 Å². The third-order valence-corrected chi connectivity index (χ3v) is 4.95. The number of hydrogen-bond donors (Lipinski definition) is 2. The summed E-state index contributed by atoms with van der Waals surface area (Å²) < 4.78 is 0. The molecule has 1 saturated carbocycles. The van der Waals surface area contributed by atoms with E-state index in [4.69, 9.17) is 5.26 Å². The number of carbonyl (C=O) groups is 2. The summed E-state index contributed by atoms with van der Waals surface area (Å²) in [6.07, 6.45) is 5.68. The highest BCUT2D eigenvalue weighted by Gasteiger charge is 2.17. The zero-order valence-corrected chi connectivity index (χ0v) is 15.4. The van der Waals surface area contributed by atoms with E-state index in [2.05, 4.69) is 10.6 Å². The molecule has 3 rings (SSSR count). The fourth-order valence-electron chi connectivity index (χ4n) is 3.35. The van der Waals surface area contributed by atoms with E-state index in [1.807, 2.05) is 13.0 Å². The minimum absolute atomic E-state index is 0.0602. The number of aryl methyl sites for hydroxylation is 1. The van der Waals surface area contributed by atoms with Crippen LogP contribution in [0.1, 0.15) is 63.9 Å². The Morgan fingerprint density at radius 3 is 2.26 bits per heavy atom. The molecule has 0 saturated heterocycles. The molecular formula is C22H23N3O2. The Morgan fingerprint density at radius 1 is 0.963 bits per heavy atom. The Bertz CT molecular complexity index is 875. The summed E-state index contributed by atoms with van der Waals surface area (Å²) in [6.45, 7) is 1.87. The van der Waals surface area contributed by atoms with Crippen LogP contribution < -0.4 is 10.6 Å². The van der Waals surface area contributed by atoms with Gasteiger partial charge in [0, 0.05) is 22.9 Å². The number of anilines is 1. The van der Waals surface area contributed by atoms with Crippen LogP contribution in [0.5, 0.6) is 0 Å². The second-order valence-electron chi connectivity index (χ2n) is 6.98. The molecule has 1 aliphatic carbocycles. The van der Waals surface area contributed by atoms with Crippen molar-refractivity contribution in [2.75, 3.05) is 5.32 Å². The molecule has 5 nitrogen and oxygen atoms in total. The normalized spacial score (nSPS) is 14.2. The maximum absolute atomic E-state index is 12.5. The van der Waals surface area contributed by atoms with Crippen LogP contribution in [-0.4, -0.2) is 17.9 Å². The van der Waals surface area contributed by atoms with Gasteiger partial charge in [-0.3, -0.25) is 9.59 Å². The third-order valence-electron chi connectivity index (χ3n) is 4.95. The predicted octanol–water partition coefficient (Wildman–Crippen LogP) is 4.18. The summed E-state index contributed by atoms with van der Waals surface area (Å²) in [5.74, 6) is -0.308. The Hall–Kier alpha value is -3.13. The van der Waals surface area contributed by atoms with E-state index in [1.165, 1.54) is 19.3 Å². The quantitative estimate of drug-likeness (QED) is 0.857. The molecule has 0 atom stereocenters. The van der Waals surface area contributed by atoms with Crippen molar-refractivity contribution in [2.45, 2.75) is 45.1 Å². The molecule has 0 aromatic heterocycles. The third kappa shape index (κ3) is 4.73. The largest absolute Gasteiger partial charge is 0.349 e. The molecule has 138 valence electrons. The monoisotopic (exact) mass is 361 g/mol. The van der Waals surface area contributed by atoms with Gasteiger partial charge < -0.3 is 10.6 Å². The molecule has 0 radical (unpaired) electrons. The van der Waals surface area contributed by atoms with Crippen molar-refractivity contribution in [3.05, 3.63) is 64.7 Å². The molecule has 5 heteroatoms. The maximum Gasteiger partial charge on any atom is 0.255 e. The van der Waals surface area contributed by atoms with E-state index in [-0.39, 0.29) is 17.9 Å². The molecule has 1 aliphatic rings. The van der Waals surface area contributed by atoms with Crippen LogP contribution in [0.3, 0.4) is 0 Å². The van der Waals surface area contributed by atoms with Gasteiger partial charge >= 0.3 is 0 Å². The van der Waals surface area contributed by atoms with E-state index < -0.39 is 0 Å². The van der Waals surface area contributed by atoms with Crippen LogP contribution in [-0.2, 0) is 0 Å². The highest BCUT2D eigenvalue weighted by molar-refractivity contribution is 6.05. The van der Waals surface area contributed by atoms with E-state index in [9.17, 15) is 9.59 Å². The Balaban J connectivity index is 1.65. The first-order valence-electron chi connectivity index (χ1n) is 9.30. The van der Waals surface area contributed by atoms with Gasteiger partial charge in [0.1, 0.15) is 0 Å². The summed E-state index contributed by atoms with van der Waals surface area (Å²) in [6, 6.07) is 14.0. The molecule has 0 unspecified atom stereocenters. The second kappa shape index (κ2) is 8.50. The molecule has 1 fully saturated rings. The van der Waals surface area contributed by atoms with Crippen LogP contribution >= 0.6 is 0 Å². The topological polar surface area (TPSA) is 82.0 Å². The second-order valence-corrected chi connectivity index (χ2v) is 6.98. The number of nitrogens with zero attached hydrogens (tertiary/aromatic N) is 1. The predicted molar refractivity (Wildman–Crippen MR) is 105 cm³/mol. The van der Waals surface area contributed by atoms with Crippen LogP contribution in [0.2, 0.25) is 0 Å². The van der Waals surface area contributed by atoms with Crippen LogP contribution in [0.25, 0.3) is 0 Å². The highest BCUT2D eigenvalue weighted by atomic mass is 16.2. The summed E-state index contributed by atoms with van der Waals surface area (Å²) in [4.78, 5) is 24.8. The average Bonchev–Trinajstić information content (AvgIpc) is 2.70. The van der Waals surface area contributed by atoms with Crippen molar-refractivity contribution in [3.63, 3.8) is 0 Å². The van der Waals surface area contributed by atoms with Crippen molar-refractivity contribution in [1.82, 2.24) is 5.32 Å². The number of carbonyl (C=O) groups excluding carboxylic acids is 2. The molecule has 2 aromatic rings. The van der Waals surface area contributed by atoms with E-state index in [0.29, 0.717) is 22.4 Å². The number of nitrogens with one attached hydrogen (secondary N) is 2. The van der Waals surface area contributed by atoms with Crippen molar-refractivity contribution < 1.29 is 9.59 Å². The minimum Gasteiger partial charge on any atom is -0.349 e. The fraction of sp³-hybridized carbons (Fsp3) is 0.318. The molecule has 27 heavy (non-hydrogen) atoms. The first-order valence-corrected chi connectivity index (χ1v) is 9.30. The van der Waals surface area contributed by atoms with Crippen LogP contribution in [0.4, 0.5) is 5.69 Å². The average molecular weight is 361 g/mol. The Labute approximate surface area is 159 Å². The zero-order chi connectivity index (χ0) is 19.2. The lowest BCUT2D eigenvalue weighted by Crippen LogP contribution is -2.36. The van der Waals surface area contributed by atoms with Gasteiger partial charge in [-0.1, -0.05) is 19.3 Å². The van der Waals surface area contributed by atoms with E-state index in [1.54, 1.807) is 42.5 Å². The lowest BCUT2D eigenvalue weighted by molar-refractivity contribution is 0.0927. The first kappa shape index (κ1) is 18.7. The van der Waals surface area contributed by atoms with Gasteiger partial charge in [0.2, 0.25) is 0 Å². The Morgan fingerprint density at radius 2 is 1.63 bits per heavy atom. The summed E-state index contributed by atoms with van der Waals surface area (Å²) >= 11 is 0. The molecule has 2 N–H and O–H groups in total. The number of benzene rings is 2. The van der Waals surface area contributed by atoms with Crippen LogP contribution in [0, 0.1) is 18.3 Å². The molecule has 0 spiro atoms. The number of nitriles is 1. The molecule has 0 bridgehead atoms. The molecule has 0 heterocycles. The van der Waals surface area contributed by atoms with Crippen molar-refractivity contribution in [3.8, 4) is 6.07 Å². The Kier molecular flexibility index (Phi) is 5.87. The minimum atomic E-state index is -0.248. The first-order chi connectivity index (χ1) is 13.1. The summed E-state index contributed by atoms with van der Waals surface area (Å²) in [5, 5.41) is 14.8. The van der Waals surface area contributed by atoms with Gasteiger partial charge in [-0.05, 0) is 67.8 Å². The van der Waals surface area contributed by atoms with E-state index >= 15 is 0 Å². The molecule has 2 aromatic carbocycles. The van der Waals surface area contributed by atoms with E-state index in [0.717, 1.165) is 18.4 Å². The van der Waals surface area contributed by atoms with Gasteiger partial charge in [-0.25, -0.2) is 0 Å². The smallest absolute Gasteiger partial charge is 0.255 e. The fourth-order valence-corrected chi connectivity index (χ4v) is 3.35.